The number of amides is 1. The third-order valence-corrected chi connectivity index (χ3v) is 1.41. The maximum atomic E-state index is 10.2. The minimum absolute atomic E-state index is 0.257. The molecule has 0 radical (unpaired) electrons. The van der Waals surface area contributed by atoms with E-state index in [1.165, 1.54) is 0 Å². The average molecular weight is 179 g/mol. The predicted molar refractivity (Wildman–Crippen MR) is 55.1 cm³/mol. The Kier molecular flexibility index (Phi) is 4.82. The lowest BCUT2D eigenvalue weighted by molar-refractivity contribution is -0.125. The van der Waals surface area contributed by atoms with Gasteiger partial charge in [-0.05, 0) is 0 Å². The van der Waals surface area contributed by atoms with E-state index in [1.807, 2.05) is 36.4 Å². The summed E-state index contributed by atoms with van der Waals surface area (Å²) in [5.41, 5.74) is 4.57. The molecule has 0 aliphatic rings. The van der Waals surface area contributed by atoms with Crippen molar-refractivity contribution in [1.29, 1.82) is 0 Å². The molecule has 1 rings (SSSR count). The highest BCUT2D eigenvalue weighted by molar-refractivity contribution is 5.79. The first-order valence-corrected chi connectivity index (χ1v) is 4.24. The van der Waals surface area contributed by atoms with Gasteiger partial charge in [-0.15, -0.1) is 0 Å². The van der Waals surface area contributed by atoms with Crippen LogP contribution in [-0.2, 0) is 4.79 Å². The van der Waals surface area contributed by atoms with Crippen molar-refractivity contribution in [3.05, 3.63) is 36.4 Å². The van der Waals surface area contributed by atoms with Crippen LogP contribution in [0.1, 0.15) is 20.8 Å². The van der Waals surface area contributed by atoms with Crippen molar-refractivity contribution in [3.63, 3.8) is 0 Å². The Labute approximate surface area is 79.8 Å². The van der Waals surface area contributed by atoms with Crippen LogP contribution >= 0.6 is 0 Å². The SMILES string of the molecule is CC(C)(C)C(N)=O.c1ccccc1. The van der Waals surface area contributed by atoms with E-state index < -0.39 is 0 Å². The first-order valence-electron chi connectivity index (χ1n) is 4.24. The number of carbonyl (C=O) groups is 1. The quantitative estimate of drug-likeness (QED) is 0.652. The Balaban J connectivity index is 0.000000223. The van der Waals surface area contributed by atoms with Crippen molar-refractivity contribution in [2.24, 2.45) is 11.1 Å². The summed E-state index contributed by atoms with van der Waals surface area (Å²) in [5.74, 6) is -0.257. The van der Waals surface area contributed by atoms with Crippen molar-refractivity contribution in [2.45, 2.75) is 20.8 Å². The number of nitrogens with two attached hydrogens (primary N) is 1. The van der Waals surface area contributed by atoms with Crippen molar-refractivity contribution in [3.8, 4) is 0 Å². The van der Waals surface area contributed by atoms with E-state index in [-0.39, 0.29) is 11.3 Å². The molecule has 2 heteroatoms. The molecule has 0 aliphatic heterocycles. The molecule has 0 aromatic heterocycles. The molecule has 0 unspecified atom stereocenters. The topological polar surface area (TPSA) is 43.1 Å². The molecule has 1 amide bonds. The van der Waals surface area contributed by atoms with Gasteiger partial charge in [0.2, 0.25) is 5.91 Å². The second-order valence-corrected chi connectivity index (χ2v) is 3.77. The molecule has 1 aromatic carbocycles. The number of carbonyl (C=O) groups excluding carboxylic acids is 1. The van der Waals surface area contributed by atoms with Crippen molar-refractivity contribution in [2.75, 3.05) is 0 Å². The fourth-order valence-electron chi connectivity index (χ4n) is 0.385. The highest BCUT2D eigenvalue weighted by Crippen LogP contribution is 2.09. The highest BCUT2D eigenvalue weighted by Gasteiger charge is 2.16. The smallest absolute Gasteiger partial charge is 0.222 e. The maximum Gasteiger partial charge on any atom is 0.222 e. The monoisotopic (exact) mass is 179 g/mol. The zero-order chi connectivity index (χ0) is 10.3. The van der Waals surface area contributed by atoms with Crippen molar-refractivity contribution < 1.29 is 4.79 Å². The van der Waals surface area contributed by atoms with Crippen LogP contribution in [0.5, 0.6) is 0 Å². The van der Waals surface area contributed by atoms with Gasteiger partial charge in [0.05, 0.1) is 0 Å². The predicted octanol–water partition coefficient (Wildman–Crippen LogP) is 2.20. The second kappa shape index (κ2) is 5.36. The molecule has 0 atom stereocenters. The van der Waals surface area contributed by atoms with Crippen LogP contribution in [0, 0.1) is 5.41 Å². The Morgan fingerprint density at radius 2 is 1.08 bits per heavy atom. The van der Waals surface area contributed by atoms with E-state index in [9.17, 15) is 4.79 Å². The number of hydrogen-bond acceptors (Lipinski definition) is 1. The lowest BCUT2D eigenvalue weighted by Gasteiger charge is -2.10. The number of hydrogen-bond donors (Lipinski definition) is 1. The summed E-state index contributed by atoms with van der Waals surface area (Å²) in [6.07, 6.45) is 0. The number of rotatable bonds is 0. The molecule has 2 nitrogen and oxygen atoms in total. The van der Waals surface area contributed by atoms with Gasteiger partial charge in [-0.1, -0.05) is 57.2 Å². The summed E-state index contributed by atoms with van der Waals surface area (Å²) in [6.45, 7) is 5.36. The van der Waals surface area contributed by atoms with Gasteiger partial charge in [0, 0.05) is 5.41 Å². The molecule has 2 N–H and O–H groups in total. The molecule has 0 saturated heterocycles. The largest absolute Gasteiger partial charge is 0.369 e. The molecule has 0 heterocycles. The molecule has 1 aromatic rings. The molecule has 13 heavy (non-hydrogen) atoms. The van der Waals surface area contributed by atoms with Crippen LogP contribution in [0.15, 0.2) is 36.4 Å². The molecule has 0 saturated carbocycles. The van der Waals surface area contributed by atoms with Crippen LogP contribution < -0.4 is 5.73 Å². The molecule has 0 aliphatic carbocycles. The van der Waals surface area contributed by atoms with E-state index >= 15 is 0 Å². The highest BCUT2D eigenvalue weighted by atomic mass is 16.1. The summed E-state index contributed by atoms with van der Waals surface area (Å²) in [7, 11) is 0. The van der Waals surface area contributed by atoms with E-state index in [0.29, 0.717) is 0 Å². The van der Waals surface area contributed by atoms with E-state index in [1.54, 1.807) is 20.8 Å². The van der Waals surface area contributed by atoms with E-state index in [4.69, 9.17) is 5.73 Å². The lowest BCUT2D eigenvalue weighted by Crippen LogP contribution is -2.27. The minimum atomic E-state index is -0.361. The summed E-state index contributed by atoms with van der Waals surface area (Å²) in [6, 6.07) is 12.0. The molecular weight excluding hydrogens is 162 g/mol. The zero-order valence-electron chi connectivity index (χ0n) is 8.45. The third kappa shape index (κ3) is 7.06. The normalized spacial score (nSPS) is 9.77. The van der Waals surface area contributed by atoms with Crippen LogP contribution in [0.25, 0.3) is 0 Å². The fraction of sp³-hybridized carbons (Fsp3) is 0.364. The average Bonchev–Trinajstić information content (AvgIpc) is 2.07. The van der Waals surface area contributed by atoms with Gasteiger partial charge in [0.15, 0.2) is 0 Å². The minimum Gasteiger partial charge on any atom is -0.369 e. The van der Waals surface area contributed by atoms with Crippen LogP contribution in [0.4, 0.5) is 0 Å². The lowest BCUT2D eigenvalue weighted by atomic mass is 9.96. The molecule has 0 bridgehead atoms. The molecule has 0 fully saturated rings. The van der Waals surface area contributed by atoms with Crippen LogP contribution in [0.2, 0.25) is 0 Å². The Morgan fingerprint density at radius 1 is 0.923 bits per heavy atom. The fourth-order valence-corrected chi connectivity index (χ4v) is 0.385. The zero-order valence-corrected chi connectivity index (χ0v) is 8.45. The van der Waals surface area contributed by atoms with E-state index in [0.717, 1.165) is 0 Å². The van der Waals surface area contributed by atoms with Gasteiger partial charge >= 0.3 is 0 Å². The van der Waals surface area contributed by atoms with Gasteiger partial charge in [-0.3, -0.25) is 4.79 Å². The van der Waals surface area contributed by atoms with Gasteiger partial charge in [-0.25, -0.2) is 0 Å². The standard InChI is InChI=1S/C6H6.C5H11NO/c1-2-4-6-5-3-1;1-5(2,3)4(6)7/h1-6H;1-3H3,(H2,6,7). The Morgan fingerprint density at radius 3 is 1.15 bits per heavy atom. The van der Waals surface area contributed by atoms with Gasteiger partial charge < -0.3 is 5.73 Å². The second-order valence-electron chi connectivity index (χ2n) is 3.77. The van der Waals surface area contributed by atoms with Gasteiger partial charge in [0.1, 0.15) is 0 Å². The summed E-state index contributed by atoms with van der Waals surface area (Å²) >= 11 is 0. The third-order valence-electron chi connectivity index (χ3n) is 1.41. The summed E-state index contributed by atoms with van der Waals surface area (Å²) < 4.78 is 0. The van der Waals surface area contributed by atoms with Crippen molar-refractivity contribution in [1.82, 2.24) is 0 Å². The first kappa shape index (κ1) is 11.7. The summed E-state index contributed by atoms with van der Waals surface area (Å²) in [5, 5.41) is 0. The first-order chi connectivity index (χ1) is 5.94. The van der Waals surface area contributed by atoms with Gasteiger partial charge in [0.25, 0.3) is 0 Å². The maximum absolute atomic E-state index is 10.2. The molecular formula is C11H17NO. The van der Waals surface area contributed by atoms with Crippen LogP contribution in [0.3, 0.4) is 0 Å². The van der Waals surface area contributed by atoms with E-state index in [2.05, 4.69) is 0 Å². The van der Waals surface area contributed by atoms with Gasteiger partial charge in [-0.2, -0.15) is 0 Å². The molecule has 72 valence electrons. The Bertz CT molecular complexity index is 209. The number of benzene rings is 1. The van der Waals surface area contributed by atoms with Crippen molar-refractivity contribution >= 4 is 5.91 Å². The summed E-state index contributed by atoms with van der Waals surface area (Å²) in [4.78, 5) is 10.2. The molecule has 0 spiro atoms. The number of primary amides is 1. The van der Waals surface area contributed by atoms with Crippen LogP contribution in [-0.4, -0.2) is 5.91 Å². The Hall–Kier alpha value is -1.31.